The number of nitrogens with zero attached hydrogens (tertiary/aromatic N) is 1. The summed E-state index contributed by atoms with van der Waals surface area (Å²) in [6.45, 7) is 2.12. The Kier molecular flexibility index (Phi) is 5.98. The summed E-state index contributed by atoms with van der Waals surface area (Å²) >= 11 is 12.0. The molecule has 1 amide bonds. The van der Waals surface area contributed by atoms with Gasteiger partial charge in [-0.3, -0.25) is 4.79 Å². The van der Waals surface area contributed by atoms with Crippen molar-refractivity contribution >= 4 is 46.2 Å². The highest BCUT2D eigenvalue weighted by atomic mass is 35.5. The summed E-state index contributed by atoms with van der Waals surface area (Å²) in [5, 5.41) is 4.12. The van der Waals surface area contributed by atoms with Crippen LogP contribution in [0.5, 0.6) is 0 Å². The molecule has 0 saturated heterocycles. The van der Waals surface area contributed by atoms with E-state index in [1.165, 1.54) is 0 Å². The van der Waals surface area contributed by atoms with Crippen LogP contribution < -0.4 is 10.2 Å². The number of amides is 1. The molecule has 0 fully saturated rings. The Labute approximate surface area is 185 Å². The van der Waals surface area contributed by atoms with Gasteiger partial charge in [0.05, 0.1) is 12.5 Å². The lowest BCUT2D eigenvalue weighted by Gasteiger charge is -2.34. The third-order valence-corrected chi connectivity index (χ3v) is 5.83. The van der Waals surface area contributed by atoms with Crippen molar-refractivity contribution < 1.29 is 9.18 Å². The van der Waals surface area contributed by atoms with Gasteiger partial charge in [0, 0.05) is 33.5 Å². The molecule has 0 saturated carbocycles. The second kappa shape index (κ2) is 8.66. The van der Waals surface area contributed by atoms with Gasteiger partial charge in [0.2, 0.25) is 5.91 Å². The lowest BCUT2D eigenvalue weighted by atomic mass is 9.92. The van der Waals surface area contributed by atoms with E-state index in [0.29, 0.717) is 22.2 Å². The molecule has 3 aromatic rings. The zero-order valence-corrected chi connectivity index (χ0v) is 17.9. The van der Waals surface area contributed by atoms with E-state index in [-0.39, 0.29) is 18.4 Å². The standard InChI is InChI=1S/C24H21Cl2FN2O/c1-15(24(30)28-21-8-6-18(25)7-9-21)16-5-10-23-17(11-16)12-20(27)14-29(23)22-4-2-3-19(26)13-22/h2-11,13,15,20H,12,14H2,1H3,(H,28,30). The molecule has 1 heterocycles. The number of halogens is 3. The second-order valence-corrected chi connectivity index (χ2v) is 8.37. The topological polar surface area (TPSA) is 32.3 Å². The van der Waals surface area contributed by atoms with E-state index in [2.05, 4.69) is 5.32 Å². The minimum Gasteiger partial charge on any atom is -0.338 e. The normalized spacial score (nSPS) is 16.7. The van der Waals surface area contributed by atoms with E-state index < -0.39 is 6.17 Å². The molecule has 1 N–H and O–H groups in total. The molecule has 2 unspecified atom stereocenters. The van der Waals surface area contributed by atoms with Crippen molar-refractivity contribution in [2.45, 2.75) is 25.4 Å². The van der Waals surface area contributed by atoms with E-state index in [1.54, 1.807) is 30.3 Å². The van der Waals surface area contributed by atoms with Crippen LogP contribution in [-0.4, -0.2) is 18.6 Å². The van der Waals surface area contributed by atoms with Gasteiger partial charge in [-0.1, -0.05) is 41.4 Å². The number of alkyl halides is 1. The predicted octanol–water partition coefficient (Wildman–Crippen LogP) is 6.77. The lowest BCUT2D eigenvalue weighted by molar-refractivity contribution is -0.117. The Hall–Kier alpha value is -2.56. The number of hydrogen-bond acceptors (Lipinski definition) is 2. The number of carbonyl (C=O) groups excluding carboxylic acids is 1. The van der Waals surface area contributed by atoms with Crippen LogP contribution in [0.1, 0.15) is 24.0 Å². The van der Waals surface area contributed by atoms with Crippen LogP contribution >= 0.6 is 23.2 Å². The summed E-state index contributed by atoms with van der Waals surface area (Å²) in [4.78, 5) is 14.7. The highest BCUT2D eigenvalue weighted by Gasteiger charge is 2.27. The maximum absolute atomic E-state index is 14.5. The van der Waals surface area contributed by atoms with Gasteiger partial charge >= 0.3 is 0 Å². The third-order valence-electron chi connectivity index (χ3n) is 5.34. The zero-order chi connectivity index (χ0) is 21.3. The van der Waals surface area contributed by atoms with Crippen molar-refractivity contribution in [3.8, 4) is 0 Å². The van der Waals surface area contributed by atoms with Crippen molar-refractivity contribution in [3.05, 3.63) is 87.9 Å². The molecule has 4 rings (SSSR count). The van der Waals surface area contributed by atoms with Crippen LogP contribution in [0, 0.1) is 0 Å². The molecule has 2 atom stereocenters. The summed E-state index contributed by atoms with van der Waals surface area (Å²) in [5.41, 5.74) is 4.22. The molecule has 154 valence electrons. The summed E-state index contributed by atoms with van der Waals surface area (Å²) < 4.78 is 14.5. The van der Waals surface area contributed by atoms with Gasteiger partial charge in [0.25, 0.3) is 0 Å². The first-order valence-electron chi connectivity index (χ1n) is 9.77. The largest absolute Gasteiger partial charge is 0.338 e. The van der Waals surface area contributed by atoms with Gasteiger partial charge in [-0.25, -0.2) is 4.39 Å². The Bertz CT molecular complexity index is 1070. The third kappa shape index (κ3) is 4.45. The molecule has 1 aliphatic rings. The molecule has 0 spiro atoms. The maximum atomic E-state index is 14.5. The van der Waals surface area contributed by atoms with E-state index >= 15 is 0 Å². The van der Waals surface area contributed by atoms with E-state index in [9.17, 15) is 9.18 Å². The van der Waals surface area contributed by atoms with Gasteiger partial charge in [-0.05, 0) is 66.6 Å². The highest BCUT2D eigenvalue weighted by molar-refractivity contribution is 6.31. The van der Waals surface area contributed by atoms with Crippen molar-refractivity contribution in [3.63, 3.8) is 0 Å². The van der Waals surface area contributed by atoms with E-state index in [4.69, 9.17) is 23.2 Å². The van der Waals surface area contributed by atoms with E-state index in [1.807, 2.05) is 48.2 Å². The lowest BCUT2D eigenvalue weighted by Crippen LogP contribution is -2.33. The van der Waals surface area contributed by atoms with E-state index in [0.717, 1.165) is 22.5 Å². The fourth-order valence-electron chi connectivity index (χ4n) is 3.72. The molecule has 1 aliphatic heterocycles. The number of carbonyl (C=O) groups is 1. The first-order valence-corrected chi connectivity index (χ1v) is 10.5. The summed E-state index contributed by atoms with van der Waals surface area (Å²) in [6.07, 6.45) is -0.670. The molecule has 30 heavy (non-hydrogen) atoms. The first-order chi connectivity index (χ1) is 14.4. The Morgan fingerprint density at radius 1 is 1.07 bits per heavy atom. The zero-order valence-electron chi connectivity index (χ0n) is 16.4. The van der Waals surface area contributed by atoms with Crippen molar-refractivity contribution in [1.82, 2.24) is 0 Å². The molecule has 0 radical (unpaired) electrons. The SMILES string of the molecule is CC(C(=O)Nc1ccc(Cl)cc1)c1ccc2c(c1)CC(F)CN2c1cccc(Cl)c1. The fourth-order valence-corrected chi connectivity index (χ4v) is 4.04. The molecule has 3 nitrogen and oxygen atoms in total. The molecule has 3 aromatic carbocycles. The maximum Gasteiger partial charge on any atom is 0.231 e. The average Bonchev–Trinajstić information content (AvgIpc) is 2.73. The quantitative estimate of drug-likeness (QED) is 0.483. The van der Waals surface area contributed by atoms with Crippen LogP contribution in [0.3, 0.4) is 0 Å². The van der Waals surface area contributed by atoms with Crippen molar-refractivity contribution in [1.29, 1.82) is 0 Å². The first kappa shape index (κ1) is 20.7. The highest BCUT2D eigenvalue weighted by Crippen LogP contribution is 2.37. The Balaban J connectivity index is 1.58. The molecule has 0 aliphatic carbocycles. The predicted molar refractivity (Wildman–Crippen MR) is 122 cm³/mol. The Morgan fingerprint density at radius 3 is 2.57 bits per heavy atom. The fraction of sp³-hybridized carbons (Fsp3) is 0.208. The van der Waals surface area contributed by atoms with Gasteiger partial charge in [-0.15, -0.1) is 0 Å². The second-order valence-electron chi connectivity index (χ2n) is 7.50. The molecular weight excluding hydrogens is 422 g/mol. The summed E-state index contributed by atoms with van der Waals surface area (Å²) in [7, 11) is 0. The number of fused-ring (bicyclic) bond motifs is 1. The smallest absolute Gasteiger partial charge is 0.231 e. The van der Waals surface area contributed by atoms with Gasteiger partial charge in [0.15, 0.2) is 0 Å². The number of benzene rings is 3. The molecular formula is C24H21Cl2FN2O. The monoisotopic (exact) mass is 442 g/mol. The summed E-state index contributed by atoms with van der Waals surface area (Å²) in [5.74, 6) is -0.512. The van der Waals surface area contributed by atoms with Crippen LogP contribution in [0.2, 0.25) is 10.0 Å². The van der Waals surface area contributed by atoms with Gasteiger partial charge in [0.1, 0.15) is 6.17 Å². The summed E-state index contributed by atoms with van der Waals surface area (Å²) in [6, 6.07) is 20.2. The van der Waals surface area contributed by atoms with Gasteiger partial charge in [-0.2, -0.15) is 0 Å². The van der Waals surface area contributed by atoms with Gasteiger partial charge < -0.3 is 10.2 Å². The number of anilines is 3. The minimum absolute atomic E-state index is 0.128. The average molecular weight is 443 g/mol. The molecule has 0 aromatic heterocycles. The molecule has 0 bridgehead atoms. The van der Waals surface area contributed by atoms with Crippen LogP contribution in [0.15, 0.2) is 66.7 Å². The van der Waals surface area contributed by atoms with Crippen molar-refractivity contribution in [2.24, 2.45) is 0 Å². The van der Waals surface area contributed by atoms with Crippen LogP contribution in [0.4, 0.5) is 21.5 Å². The minimum atomic E-state index is -0.995. The number of rotatable bonds is 4. The van der Waals surface area contributed by atoms with Crippen LogP contribution in [0.25, 0.3) is 0 Å². The van der Waals surface area contributed by atoms with Crippen molar-refractivity contribution in [2.75, 3.05) is 16.8 Å². The van der Waals surface area contributed by atoms with Crippen LogP contribution in [-0.2, 0) is 11.2 Å². The molecule has 6 heteroatoms. The number of nitrogens with one attached hydrogen (secondary N) is 1. The Morgan fingerprint density at radius 2 is 1.83 bits per heavy atom. The number of hydrogen-bond donors (Lipinski definition) is 1.